The van der Waals surface area contributed by atoms with Crippen molar-refractivity contribution >= 4 is 40.4 Å². The minimum Gasteiger partial charge on any atom is -0.506 e. The zero-order valence-electron chi connectivity index (χ0n) is 12.0. The van der Waals surface area contributed by atoms with Crippen LogP contribution in [0, 0.1) is 0 Å². The number of anilines is 1. The van der Waals surface area contributed by atoms with E-state index < -0.39 is 0 Å². The van der Waals surface area contributed by atoms with Crippen LogP contribution in [0.25, 0.3) is 10.9 Å². The maximum Gasteiger partial charge on any atom is 0.244 e. The number of rotatable bonds is 4. The number of phenols is 1. The van der Waals surface area contributed by atoms with Gasteiger partial charge in [-0.15, -0.1) is 0 Å². The van der Waals surface area contributed by atoms with Gasteiger partial charge in [-0.1, -0.05) is 29.8 Å². The first kappa shape index (κ1) is 15.1. The lowest BCUT2D eigenvalue weighted by molar-refractivity contribution is -0.116. The number of halogens is 1. The molecule has 3 rings (SSSR count). The Labute approximate surface area is 137 Å². The molecule has 0 aliphatic carbocycles. The van der Waals surface area contributed by atoms with E-state index >= 15 is 0 Å². The van der Waals surface area contributed by atoms with Crippen molar-refractivity contribution in [1.82, 2.24) is 4.57 Å². The number of aldehydes is 1. The number of nitrogens with one attached hydrogen (secondary N) is 1. The first-order chi connectivity index (χ1) is 11.1. The van der Waals surface area contributed by atoms with Gasteiger partial charge in [-0.25, -0.2) is 0 Å². The van der Waals surface area contributed by atoms with Gasteiger partial charge >= 0.3 is 0 Å². The van der Waals surface area contributed by atoms with Crippen LogP contribution in [0.3, 0.4) is 0 Å². The molecular formula is C17H13ClN2O3. The van der Waals surface area contributed by atoms with Gasteiger partial charge in [0.1, 0.15) is 12.3 Å². The fourth-order valence-electron chi connectivity index (χ4n) is 2.45. The van der Waals surface area contributed by atoms with Crippen molar-refractivity contribution in [3.63, 3.8) is 0 Å². The van der Waals surface area contributed by atoms with Crippen molar-refractivity contribution in [2.45, 2.75) is 6.54 Å². The maximum absolute atomic E-state index is 12.2. The zero-order valence-corrected chi connectivity index (χ0v) is 12.7. The highest BCUT2D eigenvalue weighted by molar-refractivity contribution is 6.30. The fourth-order valence-corrected chi connectivity index (χ4v) is 2.62. The second-order valence-electron chi connectivity index (χ2n) is 5.06. The first-order valence-corrected chi connectivity index (χ1v) is 7.27. The van der Waals surface area contributed by atoms with Gasteiger partial charge < -0.3 is 15.0 Å². The highest BCUT2D eigenvalue weighted by atomic mass is 35.5. The van der Waals surface area contributed by atoms with Crippen LogP contribution in [-0.4, -0.2) is 21.9 Å². The average Bonchev–Trinajstić information content (AvgIpc) is 2.88. The van der Waals surface area contributed by atoms with E-state index in [1.165, 1.54) is 12.1 Å². The highest BCUT2D eigenvalue weighted by Gasteiger charge is 2.12. The minimum absolute atomic E-state index is 0.0242. The van der Waals surface area contributed by atoms with Gasteiger partial charge in [-0.05, 0) is 18.2 Å². The van der Waals surface area contributed by atoms with E-state index in [1.807, 2.05) is 24.3 Å². The minimum atomic E-state index is -0.319. The maximum atomic E-state index is 12.2. The Balaban J connectivity index is 1.84. The summed E-state index contributed by atoms with van der Waals surface area (Å²) in [6.07, 6.45) is 2.40. The van der Waals surface area contributed by atoms with Gasteiger partial charge in [-0.3, -0.25) is 9.59 Å². The van der Waals surface area contributed by atoms with E-state index in [2.05, 4.69) is 5.32 Å². The summed E-state index contributed by atoms with van der Waals surface area (Å²) in [6, 6.07) is 11.8. The molecule has 0 spiro atoms. The van der Waals surface area contributed by atoms with E-state index in [4.69, 9.17) is 11.6 Å². The molecule has 116 valence electrons. The molecule has 0 aliphatic rings. The Morgan fingerprint density at radius 1 is 1.26 bits per heavy atom. The van der Waals surface area contributed by atoms with Crippen molar-refractivity contribution < 1.29 is 14.7 Å². The van der Waals surface area contributed by atoms with Crippen LogP contribution in [0.2, 0.25) is 5.02 Å². The summed E-state index contributed by atoms with van der Waals surface area (Å²) in [5.41, 5.74) is 1.61. The molecule has 2 N–H and O–H groups in total. The lowest BCUT2D eigenvalue weighted by Crippen LogP contribution is -2.18. The molecule has 1 heterocycles. The predicted octanol–water partition coefficient (Wildman–Crippen LogP) is 3.45. The van der Waals surface area contributed by atoms with E-state index in [-0.39, 0.29) is 23.9 Å². The second kappa shape index (κ2) is 6.14. The molecular weight excluding hydrogens is 316 g/mol. The van der Waals surface area contributed by atoms with Crippen molar-refractivity contribution in [2.75, 3.05) is 5.32 Å². The summed E-state index contributed by atoms with van der Waals surface area (Å²) in [6.45, 7) is 0.0242. The molecule has 0 atom stereocenters. The number of carbonyl (C=O) groups excluding carboxylic acids is 2. The SMILES string of the molecule is O=Cc1cn(CC(=O)Nc2ccc(Cl)cc2O)c2ccccc12. The number of para-hydroxylation sites is 1. The molecule has 0 fully saturated rings. The number of phenolic OH excluding ortho intramolecular Hbond substituents is 1. The summed E-state index contributed by atoms with van der Waals surface area (Å²) in [5.74, 6) is -0.419. The molecule has 0 bridgehead atoms. The summed E-state index contributed by atoms with van der Waals surface area (Å²) < 4.78 is 1.70. The number of hydrogen-bond donors (Lipinski definition) is 2. The fraction of sp³-hybridized carbons (Fsp3) is 0.0588. The monoisotopic (exact) mass is 328 g/mol. The van der Waals surface area contributed by atoms with Crippen molar-refractivity contribution in [2.24, 2.45) is 0 Å². The molecule has 6 heteroatoms. The van der Waals surface area contributed by atoms with Crippen LogP contribution in [-0.2, 0) is 11.3 Å². The molecule has 1 aromatic heterocycles. The Morgan fingerprint density at radius 2 is 2.04 bits per heavy atom. The molecule has 0 unspecified atom stereocenters. The van der Waals surface area contributed by atoms with E-state index in [0.29, 0.717) is 10.6 Å². The van der Waals surface area contributed by atoms with Gasteiger partial charge in [0.15, 0.2) is 6.29 Å². The first-order valence-electron chi connectivity index (χ1n) is 6.90. The Bertz CT molecular complexity index is 902. The third kappa shape index (κ3) is 3.05. The van der Waals surface area contributed by atoms with E-state index in [9.17, 15) is 14.7 Å². The number of amides is 1. The van der Waals surface area contributed by atoms with Gasteiger partial charge in [0, 0.05) is 33.8 Å². The van der Waals surface area contributed by atoms with Gasteiger partial charge in [0.05, 0.1) is 5.69 Å². The molecule has 0 saturated heterocycles. The average molecular weight is 329 g/mol. The number of hydrogen-bond acceptors (Lipinski definition) is 3. The summed E-state index contributed by atoms with van der Waals surface area (Å²) >= 11 is 5.76. The lowest BCUT2D eigenvalue weighted by Gasteiger charge is -2.09. The third-order valence-electron chi connectivity index (χ3n) is 3.49. The van der Waals surface area contributed by atoms with Crippen LogP contribution in [0.15, 0.2) is 48.7 Å². The van der Waals surface area contributed by atoms with Crippen LogP contribution >= 0.6 is 11.6 Å². The van der Waals surface area contributed by atoms with Gasteiger partial charge in [0.2, 0.25) is 5.91 Å². The number of aromatic nitrogens is 1. The van der Waals surface area contributed by atoms with Crippen molar-refractivity contribution in [3.05, 3.63) is 59.2 Å². The molecule has 1 amide bonds. The van der Waals surface area contributed by atoms with Crippen LogP contribution in [0.4, 0.5) is 5.69 Å². The number of fused-ring (bicyclic) bond motifs is 1. The summed E-state index contributed by atoms with van der Waals surface area (Å²) in [4.78, 5) is 23.3. The molecule has 5 nitrogen and oxygen atoms in total. The van der Waals surface area contributed by atoms with Crippen LogP contribution in [0.5, 0.6) is 5.75 Å². The van der Waals surface area contributed by atoms with Gasteiger partial charge in [0.25, 0.3) is 0 Å². The Morgan fingerprint density at radius 3 is 2.78 bits per heavy atom. The number of aromatic hydroxyl groups is 1. The van der Waals surface area contributed by atoms with Crippen LogP contribution in [0.1, 0.15) is 10.4 Å². The standard InChI is InChI=1S/C17H13ClN2O3/c18-12-5-6-14(16(22)7-12)19-17(23)9-20-8-11(10-21)13-3-1-2-4-15(13)20/h1-8,10,22H,9H2,(H,19,23). The normalized spacial score (nSPS) is 10.7. The molecule has 0 saturated carbocycles. The topological polar surface area (TPSA) is 71.3 Å². The van der Waals surface area contributed by atoms with Crippen molar-refractivity contribution in [1.29, 1.82) is 0 Å². The smallest absolute Gasteiger partial charge is 0.244 e. The Kier molecular flexibility index (Phi) is 4.04. The summed E-state index contributed by atoms with van der Waals surface area (Å²) in [5, 5.41) is 13.6. The molecule has 2 aromatic carbocycles. The molecule has 23 heavy (non-hydrogen) atoms. The highest BCUT2D eigenvalue weighted by Crippen LogP contribution is 2.26. The third-order valence-corrected chi connectivity index (χ3v) is 3.73. The molecule has 0 radical (unpaired) electrons. The van der Waals surface area contributed by atoms with Gasteiger partial charge in [-0.2, -0.15) is 0 Å². The number of carbonyl (C=O) groups is 2. The number of benzene rings is 2. The summed E-state index contributed by atoms with van der Waals surface area (Å²) in [7, 11) is 0. The molecule has 0 aliphatic heterocycles. The van der Waals surface area contributed by atoms with Crippen LogP contribution < -0.4 is 5.32 Å². The second-order valence-corrected chi connectivity index (χ2v) is 5.49. The Hall–Kier alpha value is -2.79. The largest absolute Gasteiger partial charge is 0.506 e. The lowest BCUT2D eigenvalue weighted by atomic mass is 10.2. The quantitative estimate of drug-likeness (QED) is 0.569. The van der Waals surface area contributed by atoms with E-state index in [0.717, 1.165) is 17.2 Å². The van der Waals surface area contributed by atoms with Crippen molar-refractivity contribution in [3.8, 4) is 5.75 Å². The van der Waals surface area contributed by atoms with E-state index in [1.54, 1.807) is 16.8 Å². The molecule has 3 aromatic rings. The zero-order chi connectivity index (χ0) is 16.4. The predicted molar refractivity (Wildman–Crippen MR) is 89.1 cm³/mol. The number of nitrogens with zero attached hydrogens (tertiary/aromatic N) is 1.